The second-order valence-electron chi connectivity index (χ2n) is 6.56. The number of rotatable bonds is 9. The number of benzene rings is 3. The van der Waals surface area contributed by atoms with E-state index in [1.54, 1.807) is 7.11 Å². The first-order chi connectivity index (χ1) is 14.2. The van der Waals surface area contributed by atoms with Gasteiger partial charge in [0.1, 0.15) is 0 Å². The second-order valence-corrected chi connectivity index (χ2v) is 8.67. The van der Waals surface area contributed by atoms with Crippen LogP contribution in [0.15, 0.2) is 91.0 Å². The molecule has 0 saturated heterocycles. The van der Waals surface area contributed by atoms with Crippen molar-refractivity contribution in [1.82, 2.24) is 0 Å². The molecule has 4 heteroatoms. The summed E-state index contributed by atoms with van der Waals surface area (Å²) in [5.74, 6) is 0.940. The van der Waals surface area contributed by atoms with Crippen molar-refractivity contribution in [2.24, 2.45) is 5.92 Å². The van der Waals surface area contributed by atoms with Crippen molar-refractivity contribution < 1.29 is 14.3 Å². The molecule has 0 N–H and O–H groups in total. The Morgan fingerprint density at radius 3 is 2.24 bits per heavy atom. The summed E-state index contributed by atoms with van der Waals surface area (Å²) in [6, 6.07) is 27.9. The monoisotopic (exact) mass is 452 g/mol. The number of hydrogen-bond acceptors (Lipinski definition) is 3. The molecule has 1 atom stereocenters. The normalized spacial score (nSPS) is 11.9. The molecule has 0 aliphatic heterocycles. The van der Waals surface area contributed by atoms with Gasteiger partial charge in [0.2, 0.25) is 0 Å². The number of methoxy groups -OCH3 is 1. The fraction of sp³-hybridized carbons (Fsp3) is 0.160. The molecule has 0 heterocycles. The maximum atomic E-state index is 12.3. The average Bonchev–Trinajstić information content (AvgIpc) is 2.77. The van der Waals surface area contributed by atoms with Gasteiger partial charge in [0.25, 0.3) is 0 Å². The van der Waals surface area contributed by atoms with Crippen LogP contribution in [0.4, 0.5) is 4.79 Å². The van der Waals surface area contributed by atoms with Gasteiger partial charge in [-0.05, 0) is 0 Å². The van der Waals surface area contributed by atoms with E-state index in [9.17, 15) is 4.79 Å². The Balaban J connectivity index is 1.63. The fourth-order valence-corrected chi connectivity index (χ4v) is 4.14. The van der Waals surface area contributed by atoms with Gasteiger partial charge in [0, 0.05) is 0 Å². The molecule has 29 heavy (non-hydrogen) atoms. The molecule has 0 fully saturated rings. The zero-order valence-electron chi connectivity index (χ0n) is 16.4. The van der Waals surface area contributed by atoms with Gasteiger partial charge in [-0.2, -0.15) is 0 Å². The summed E-state index contributed by atoms with van der Waals surface area (Å²) in [6.45, 7) is 0.370. The van der Waals surface area contributed by atoms with E-state index < -0.39 is 0 Å². The summed E-state index contributed by atoms with van der Waals surface area (Å²) in [7, 11) is 1.66. The van der Waals surface area contributed by atoms with E-state index in [1.807, 2.05) is 72.8 Å². The summed E-state index contributed by atoms with van der Waals surface area (Å²) in [5.41, 5.74) is 2.31. The van der Waals surface area contributed by atoms with Crippen molar-refractivity contribution in [3.63, 3.8) is 0 Å². The minimum absolute atomic E-state index is 0.107. The topological polar surface area (TPSA) is 35.5 Å². The molecule has 0 aromatic heterocycles. The first kappa shape index (κ1) is 20.9. The standard InChI is InChI=1S/C25H24O3Se/c1-27-23-16-14-20(15-17-23)12-13-22(18-21-8-4-2-5-9-21)19-28-25(26)29-24-10-6-3-7-11-24/h2-17,22H,18-19H2,1H3/b13-12+. The Morgan fingerprint density at radius 1 is 0.931 bits per heavy atom. The average molecular weight is 451 g/mol. The van der Waals surface area contributed by atoms with E-state index in [4.69, 9.17) is 9.47 Å². The van der Waals surface area contributed by atoms with Gasteiger partial charge < -0.3 is 0 Å². The van der Waals surface area contributed by atoms with Crippen LogP contribution in [0.2, 0.25) is 0 Å². The zero-order chi connectivity index (χ0) is 20.3. The molecule has 3 rings (SSSR count). The Bertz CT molecular complexity index is 906. The first-order valence-corrected chi connectivity index (χ1v) is 11.2. The summed E-state index contributed by atoms with van der Waals surface area (Å²) in [6.07, 6.45) is 5.01. The molecule has 0 aliphatic rings. The van der Waals surface area contributed by atoms with Crippen molar-refractivity contribution in [1.29, 1.82) is 0 Å². The van der Waals surface area contributed by atoms with Gasteiger partial charge in [0.15, 0.2) is 0 Å². The third-order valence-corrected chi connectivity index (χ3v) is 6.04. The molecule has 0 aliphatic carbocycles. The van der Waals surface area contributed by atoms with Crippen LogP contribution >= 0.6 is 0 Å². The van der Waals surface area contributed by atoms with Crippen LogP contribution in [0.1, 0.15) is 11.1 Å². The van der Waals surface area contributed by atoms with Crippen molar-refractivity contribution in [3.8, 4) is 5.75 Å². The molecule has 0 spiro atoms. The van der Waals surface area contributed by atoms with Gasteiger partial charge in [-0.3, -0.25) is 0 Å². The molecule has 3 aromatic carbocycles. The molecule has 1 unspecified atom stereocenters. The van der Waals surface area contributed by atoms with Crippen molar-refractivity contribution in [2.45, 2.75) is 6.42 Å². The van der Waals surface area contributed by atoms with Crippen LogP contribution in [0.25, 0.3) is 6.08 Å². The molecular formula is C25H24O3Se. The van der Waals surface area contributed by atoms with Gasteiger partial charge in [-0.25, -0.2) is 0 Å². The number of hydrogen-bond donors (Lipinski definition) is 0. The van der Waals surface area contributed by atoms with Crippen LogP contribution in [-0.4, -0.2) is 33.5 Å². The van der Waals surface area contributed by atoms with E-state index in [1.165, 1.54) is 5.56 Å². The third kappa shape index (κ3) is 7.26. The molecule has 0 radical (unpaired) electrons. The van der Waals surface area contributed by atoms with E-state index in [2.05, 4.69) is 24.3 Å². The maximum absolute atomic E-state index is 12.3. The van der Waals surface area contributed by atoms with Crippen molar-refractivity contribution in [2.75, 3.05) is 13.7 Å². The Labute approximate surface area is 178 Å². The van der Waals surface area contributed by atoms with Crippen LogP contribution in [-0.2, 0) is 11.2 Å². The Morgan fingerprint density at radius 2 is 1.59 bits per heavy atom. The van der Waals surface area contributed by atoms with Crippen LogP contribution < -0.4 is 9.20 Å². The SMILES string of the molecule is COc1ccc(/C=C/C(COC(=O)[Se]c2ccccc2)Cc2ccccc2)cc1. The number of carbonyl (C=O) groups excluding carboxylic acids is 1. The summed E-state index contributed by atoms with van der Waals surface area (Å²) in [4.78, 5) is 12.1. The Kier molecular flexibility index (Phi) is 8.12. The van der Waals surface area contributed by atoms with Crippen LogP contribution in [0.5, 0.6) is 5.75 Å². The summed E-state index contributed by atoms with van der Waals surface area (Å²) < 4.78 is 11.9. The number of carbonyl (C=O) groups is 1. The summed E-state index contributed by atoms with van der Waals surface area (Å²) in [5, 5.41) is 0. The molecule has 148 valence electrons. The predicted molar refractivity (Wildman–Crippen MR) is 119 cm³/mol. The predicted octanol–water partition coefficient (Wildman–Crippen LogP) is 4.73. The van der Waals surface area contributed by atoms with E-state index >= 15 is 0 Å². The quantitative estimate of drug-likeness (QED) is 0.441. The van der Waals surface area contributed by atoms with Gasteiger partial charge in [0.05, 0.1) is 0 Å². The van der Waals surface area contributed by atoms with Gasteiger partial charge in [-0.15, -0.1) is 0 Å². The molecule has 3 aromatic rings. The minimum atomic E-state index is -0.321. The van der Waals surface area contributed by atoms with Gasteiger partial charge in [-0.1, -0.05) is 0 Å². The van der Waals surface area contributed by atoms with E-state index in [0.717, 1.165) is 22.2 Å². The Hall–Kier alpha value is -2.81. The van der Waals surface area contributed by atoms with Crippen molar-refractivity contribution in [3.05, 3.63) is 102 Å². The second kappa shape index (κ2) is 11.3. The molecule has 0 amide bonds. The first-order valence-electron chi connectivity index (χ1n) is 9.49. The van der Waals surface area contributed by atoms with E-state index in [0.29, 0.717) is 6.61 Å². The van der Waals surface area contributed by atoms with Gasteiger partial charge >= 0.3 is 179 Å². The van der Waals surface area contributed by atoms with Crippen LogP contribution in [0.3, 0.4) is 0 Å². The fourth-order valence-electron chi connectivity index (χ4n) is 2.85. The molecule has 0 bridgehead atoms. The van der Waals surface area contributed by atoms with Crippen molar-refractivity contribution >= 4 is 30.4 Å². The molecular weight excluding hydrogens is 427 g/mol. The zero-order valence-corrected chi connectivity index (χ0v) is 18.1. The third-order valence-electron chi connectivity index (χ3n) is 4.38. The number of ether oxygens (including phenoxy) is 2. The molecule has 0 saturated carbocycles. The van der Waals surface area contributed by atoms with E-state index in [-0.39, 0.29) is 25.7 Å². The van der Waals surface area contributed by atoms with Crippen LogP contribution in [0, 0.1) is 5.92 Å². The summed E-state index contributed by atoms with van der Waals surface area (Å²) >= 11 is -0.321. The molecule has 3 nitrogen and oxygen atoms in total.